The SMILES string of the molecule is CCCCCCCCCCCCCCCCCCCCCCCCCCCCCCC/C=C/C(O)C(COC1OC(CO)C(OC2OC(CO)C(O)C(O)C2O)C(O)C1O)NC(=O)CCCCCCCCCCCCCCCCCCCCCCCCCCCCCCCCCCCCC. The van der Waals surface area contributed by atoms with Gasteiger partial charge in [-0.05, 0) is 19.3 Å². The molecule has 9 N–H and O–H groups in total. The van der Waals surface area contributed by atoms with Crippen LogP contribution in [-0.4, -0.2) is 140 Å². The van der Waals surface area contributed by atoms with Crippen LogP contribution in [-0.2, 0) is 23.7 Å². The molecule has 0 aliphatic carbocycles. The minimum atomic E-state index is -1.79. The Kier molecular flexibility index (Phi) is 67.0. The van der Waals surface area contributed by atoms with E-state index < -0.39 is 86.8 Å². The van der Waals surface area contributed by atoms with Crippen molar-refractivity contribution in [3.05, 3.63) is 12.2 Å². The van der Waals surface area contributed by atoms with Crippen LogP contribution in [0.4, 0.5) is 0 Å². The molecule has 0 radical (unpaired) electrons. The van der Waals surface area contributed by atoms with Crippen molar-refractivity contribution in [3.63, 3.8) is 0 Å². The summed E-state index contributed by atoms with van der Waals surface area (Å²) in [5.41, 5.74) is 0. The minimum Gasteiger partial charge on any atom is -0.394 e. The van der Waals surface area contributed by atoms with Crippen LogP contribution in [0.15, 0.2) is 12.2 Å². The highest BCUT2D eigenvalue weighted by molar-refractivity contribution is 5.76. The molecule has 12 atom stereocenters. The smallest absolute Gasteiger partial charge is 0.220 e. The number of amides is 1. The van der Waals surface area contributed by atoms with Gasteiger partial charge in [-0.15, -0.1) is 0 Å². The van der Waals surface area contributed by atoms with Crippen molar-refractivity contribution in [3.8, 4) is 0 Å². The number of carbonyl (C=O) groups is 1. The van der Waals surface area contributed by atoms with Crippen LogP contribution in [0.5, 0.6) is 0 Å². The molecule has 12 unspecified atom stereocenters. The van der Waals surface area contributed by atoms with E-state index in [4.69, 9.17) is 18.9 Å². The van der Waals surface area contributed by atoms with E-state index >= 15 is 0 Å². The van der Waals surface area contributed by atoms with Gasteiger partial charge in [-0.1, -0.05) is 424 Å². The Morgan fingerprint density at radius 1 is 0.350 bits per heavy atom. The molecule has 0 saturated carbocycles. The first kappa shape index (κ1) is 94.8. The normalized spacial score (nSPS) is 21.8. The van der Waals surface area contributed by atoms with E-state index in [9.17, 15) is 45.6 Å². The summed E-state index contributed by atoms with van der Waals surface area (Å²) in [6.45, 7) is 2.89. The van der Waals surface area contributed by atoms with Gasteiger partial charge in [0.1, 0.15) is 48.8 Å². The van der Waals surface area contributed by atoms with Crippen molar-refractivity contribution in [1.29, 1.82) is 0 Å². The molecule has 0 aromatic heterocycles. The van der Waals surface area contributed by atoms with Gasteiger partial charge in [-0.25, -0.2) is 0 Å². The molecule has 594 valence electrons. The Morgan fingerprint density at radius 3 is 0.920 bits per heavy atom. The highest BCUT2D eigenvalue weighted by atomic mass is 16.7. The molecule has 100 heavy (non-hydrogen) atoms. The zero-order valence-corrected chi connectivity index (χ0v) is 65.5. The number of aliphatic hydroxyl groups is 8. The van der Waals surface area contributed by atoms with Gasteiger partial charge in [0.25, 0.3) is 0 Å². The summed E-state index contributed by atoms with van der Waals surface area (Å²) in [5.74, 6) is -0.227. The fourth-order valence-electron chi connectivity index (χ4n) is 15.1. The van der Waals surface area contributed by atoms with Crippen LogP contribution in [0.3, 0.4) is 0 Å². The Balaban J connectivity index is 1.57. The lowest BCUT2D eigenvalue weighted by atomic mass is 9.97. The Morgan fingerprint density at radius 2 is 0.620 bits per heavy atom. The molecule has 0 aromatic carbocycles. The first-order chi connectivity index (χ1) is 49.1. The van der Waals surface area contributed by atoms with E-state index in [1.807, 2.05) is 6.08 Å². The number of aliphatic hydroxyl groups excluding tert-OH is 8. The molecule has 0 bridgehead atoms. The second kappa shape index (κ2) is 70.7. The number of hydrogen-bond donors (Lipinski definition) is 9. The van der Waals surface area contributed by atoms with Crippen molar-refractivity contribution < 1.29 is 64.6 Å². The highest BCUT2D eigenvalue weighted by Gasteiger charge is 2.51. The zero-order valence-electron chi connectivity index (χ0n) is 65.5. The van der Waals surface area contributed by atoms with Gasteiger partial charge >= 0.3 is 0 Å². The molecule has 2 rings (SSSR count). The number of allylic oxidation sites excluding steroid dienone is 1. The van der Waals surface area contributed by atoms with E-state index in [0.29, 0.717) is 0 Å². The van der Waals surface area contributed by atoms with Crippen LogP contribution in [0.25, 0.3) is 0 Å². The quantitative estimate of drug-likeness (QED) is 0.0204. The predicted molar refractivity (Wildman–Crippen MR) is 416 cm³/mol. The summed E-state index contributed by atoms with van der Waals surface area (Å²) in [6, 6.07) is -0.913. The summed E-state index contributed by atoms with van der Waals surface area (Å²) in [6.07, 6.45) is 74.7. The maximum atomic E-state index is 13.4. The van der Waals surface area contributed by atoms with Crippen LogP contribution in [0, 0.1) is 0 Å². The molecular formula is C86H167NO13. The van der Waals surface area contributed by atoms with Crippen molar-refractivity contribution in [2.45, 2.75) is 511 Å². The van der Waals surface area contributed by atoms with Crippen LogP contribution in [0.2, 0.25) is 0 Å². The third-order valence-electron chi connectivity index (χ3n) is 22.0. The topological polar surface area (TPSA) is 228 Å². The fraction of sp³-hybridized carbons (Fsp3) is 0.965. The Labute approximate surface area is 616 Å². The maximum absolute atomic E-state index is 13.4. The van der Waals surface area contributed by atoms with E-state index in [-0.39, 0.29) is 18.9 Å². The van der Waals surface area contributed by atoms with Crippen molar-refractivity contribution >= 4 is 5.91 Å². The van der Waals surface area contributed by atoms with Gasteiger partial charge in [0.05, 0.1) is 32.0 Å². The van der Waals surface area contributed by atoms with Gasteiger partial charge in [-0.3, -0.25) is 4.79 Å². The molecule has 0 aromatic rings. The van der Waals surface area contributed by atoms with Gasteiger partial charge in [-0.2, -0.15) is 0 Å². The molecule has 2 fully saturated rings. The number of hydrogen-bond acceptors (Lipinski definition) is 13. The molecule has 2 saturated heterocycles. The minimum absolute atomic E-state index is 0.227. The Bertz CT molecular complexity index is 1730. The first-order valence-corrected chi connectivity index (χ1v) is 43.9. The second-order valence-corrected chi connectivity index (χ2v) is 31.4. The molecule has 14 heteroatoms. The summed E-state index contributed by atoms with van der Waals surface area (Å²) in [7, 11) is 0. The monoisotopic (exact) mass is 1420 g/mol. The fourth-order valence-corrected chi connectivity index (χ4v) is 15.1. The summed E-state index contributed by atoms with van der Waals surface area (Å²) < 4.78 is 23.0. The van der Waals surface area contributed by atoms with E-state index in [1.54, 1.807) is 6.08 Å². The van der Waals surface area contributed by atoms with E-state index in [0.717, 1.165) is 44.9 Å². The zero-order chi connectivity index (χ0) is 72.2. The average Bonchev–Trinajstić information content (AvgIpc) is 0.790. The van der Waals surface area contributed by atoms with Gasteiger partial charge in [0.2, 0.25) is 5.91 Å². The number of nitrogens with one attached hydrogen (secondary N) is 1. The third-order valence-corrected chi connectivity index (χ3v) is 22.0. The van der Waals surface area contributed by atoms with Crippen LogP contribution < -0.4 is 5.32 Å². The lowest BCUT2D eigenvalue weighted by Gasteiger charge is -2.46. The molecule has 2 heterocycles. The van der Waals surface area contributed by atoms with Gasteiger partial charge < -0.3 is 65.1 Å². The summed E-state index contributed by atoms with van der Waals surface area (Å²) in [4.78, 5) is 13.4. The van der Waals surface area contributed by atoms with E-state index in [2.05, 4.69) is 19.2 Å². The van der Waals surface area contributed by atoms with Gasteiger partial charge in [0, 0.05) is 6.42 Å². The number of unbranched alkanes of at least 4 members (excludes halogenated alkanes) is 63. The van der Waals surface area contributed by atoms with Crippen molar-refractivity contribution in [2.24, 2.45) is 0 Å². The lowest BCUT2D eigenvalue weighted by Crippen LogP contribution is -2.65. The van der Waals surface area contributed by atoms with Crippen molar-refractivity contribution in [2.75, 3.05) is 19.8 Å². The predicted octanol–water partition coefficient (Wildman–Crippen LogP) is 20.8. The molecule has 0 spiro atoms. The molecule has 2 aliphatic heterocycles. The Hall–Kier alpha value is -1.27. The van der Waals surface area contributed by atoms with Crippen LogP contribution in [0.1, 0.15) is 438 Å². The maximum Gasteiger partial charge on any atom is 0.220 e. The third kappa shape index (κ3) is 52.7. The largest absolute Gasteiger partial charge is 0.394 e. The molecule has 14 nitrogen and oxygen atoms in total. The average molecular weight is 1420 g/mol. The van der Waals surface area contributed by atoms with Gasteiger partial charge in [0.15, 0.2) is 12.6 Å². The summed E-state index contributed by atoms with van der Waals surface area (Å²) >= 11 is 0. The summed E-state index contributed by atoms with van der Waals surface area (Å²) in [5, 5.41) is 87.8. The second-order valence-electron chi connectivity index (χ2n) is 31.4. The van der Waals surface area contributed by atoms with Crippen LogP contribution >= 0.6 is 0 Å². The lowest BCUT2D eigenvalue weighted by molar-refractivity contribution is -0.359. The number of carbonyl (C=O) groups excluding carboxylic acids is 1. The highest BCUT2D eigenvalue weighted by Crippen LogP contribution is 2.31. The number of rotatable bonds is 76. The first-order valence-electron chi connectivity index (χ1n) is 43.9. The van der Waals surface area contributed by atoms with E-state index in [1.165, 1.54) is 372 Å². The molecular weight excluding hydrogens is 1250 g/mol. The standard InChI is InChI=1S/C86H167NO13/c1-3-5-7-9-11-13-15-17-19-21-23-25-27-29-31-33-35-36-37-38-40-42-44-46-48-50-52-54-56-58-60-62-64-66-68-70-78(91)87-74(73-97-85-83(96)81(94)84(77(72-89)99-85)100-86-82(95)80(93)79(92)76(71-88)98-86)75(90)69-67-65-63-61-59-57-55-53-51-49-47-45-43-41-39-34-32-30-28-26-24-22-20-18-16-14-12-10-8-6-4-2/h67,69,74-77,79-86,88-90,92-96H,3-66,68,70-73H2,1-2H3,(H,87,91)/b69-67+. The van der Waals surface area contributed by atoms with Crippen molar-refractivity contribution in [1.82, 2.24) is 5.32 Å². The molecule has 1 amide bonds. The molecule has 2 aliphatic rings. The number of ether oxygens (including phenoxy) is 4.